The van der Waals surface area contributed by atoms with Crippen LogP contribution in [0.5, 0.6) is 0 Å². The zero-order valence-corrected chi connectivity index (χ0v) is 7.40. The molecule has 0 aromatic carbocycles. The summed E-state index contributed by atoms with van der Waals surface area (Å²) in [7, 11) is 0. The maximum absolute atomic E-state index is 10.4. The molecule has 0 fully saturated rings. The van der Waals surface area contributed by atoms with Crippen LogP contribution in [-0.2, 0) is 11.2 Å². The number of rotatable bonds is 3. The molecule has 0 radical (unpaired) electrons. The van der Waals surface area contributed by atoms with Gasteiger partial charge in [0.15, 0.2) is 0 Å². The van der Waals surface area contributed by atoms with E-state index in [0.29, 0.717) is 12.0 Å². The summed E-state index contributed by atoms with van der Waals surface area (Å²) in [6, 6.07) is 3.73. The van der Waals surface area contributed by atoms with Crippen molar-refractivity contribution in [2.24, 2.45) is 0 Å². The van der Waals surface area contributed by atoms with Gasteiger partial charge in [0.1, 0.15) is 0 Å². The largest absolute Gasteiger partial charge is 0.478 e. The molecule has 13 heavy (non-hydrogen) atoms. The van der Waals surface area contributed by atoms with Gasteiger partial charge < -0.3 is 5.11 Å². The maximum atomic E-state index is 10.4. The van der Waals surface area contributed by atoms with Crippen LogP contribution in [0.25, 0.3) is 0 Å². The Labute approximate surface area is 76.7 Å². The molecule has 1 heterocycles. The fraction of sp³-hybridized carbons (Fsp3) is 0.200. The van der Waals surface area contributed by atoms with Gasteiger partial charge in [-0.05, 0) is 31.0 Å². The highest BCUT2D eigenvalue weighted by Crippen LogP contribution is 2.01. The smallest absolute Gasteiger partial charge is 0.330 e. The second-order valence-corrected chi connectivity index (χ2v) is 2.75. The van der Waals surface area contributed by atoms with Gasteiger partial charge in [0.2, 0.25) is 0 Å². The number of carbonyl (C=O) groups is 1. The van der Waals surface area contributed by atoms with Gasteiger partial charge in [0.05, 0.1) is 0 Å². The van der Waals surface area contributed by atoms with Crippen molar-refractivity contribution in [2.45, 2.75) is 13.3 Å². The monoisotopic (exact) mass is 177 g/mol. The molecule has 68 valence electrons. The zero-order valence-electron chi connectivity index (χ0n) is 7.40. The van der Waals surface area contributed by atoms with Crippen LogP contribution in [0.2, 0.25) is 0 Å². The standard InChI is InChI=1S/C10H11NO2/c1-8(10(12)13)2-3-9-4-6-11-7-5-9/h2,4-7H,3H2,1H3,(H,12,13)/b8-2+. The van der Waals surface area contributed by atoms with Gasteiger partial charge in [-0.1, -0.05) is 6.08 Å². The molecule has 0 atom stereocenters. The molecule has 0 aliphatic heterocycles. The quantitative estimate of drug-likeness (QED) is 0.714. The van der Waals surface area contributed by atoms with Crippen LogP contribution < -0.4 is 0 Å². The molecule has 1 N–H and O–H groups in total. The second kappa shape index (κ2) is 4.40. The van der Waals surface area contributed by atoms with Gasteiger partial charge in [-0.2, -0.15) is 0 Å². The molecule has 0 unspecified atom stereocenters. The fourth-order valence-corrected chi connectivity index (χ4v) is 0.877. The van der Waals surface area contributed by atoms with Crippen LogP contribution in [0, 0.1) is 0 Å². The lowest BCUT2D eigenvalue weighted by atomic mass is 10.1. The highest BCUT2D eigenvalue weighted by atomic mass is 16.4. The molecular formula is C10H11NO2. The highest BCUT2D eigenvalue weighted by Gasteiger charge is 1.98. The van der Waals surface area contributed by atoms with E-state index in [0.717, 1.165) is 5.56 Å². The summed E-state index contributed by atoms with van der Waals surface area (Å²) in [6.07, 6.45) is 5.72. The van der Waals surface area contributed by atoms with E-state index < -0.39 is 5.97 Å². The molecule has 0 aliphatic rings. The van der Waals surface area contributed by atoms with E-state index in [4.69, 9.17) is 5.11 Å². The Bertz CT molecular complexity index is 317. The van der Waals surface area contributed by atoms with Gasteiger partial charge in [-0.25, -0.2) is 4.79 Å². The summed E-state index contributed by atoms with van der Waals surface area (Å²) in [5.41, 5.74) is 1.44. The van der Waals surface area contributed by atoms with E-state index in [2.05, 4.69) is 4.98 Å². The summed E-state index contributed by atoms with van der Waals surface area (Å²) in [5, 5.41) is 8.58. The normalized spacial score (nSPS) is 11.3. The number of allylic oxidation sites excluding steroid dienone is 1. The average molecular weight is 177 g/mol. The third kappa shape index (κ3) is 3.07. The Morgan fingerprint density at radius 2 is 2.15 bits per heavy atom. The average Bonchev–Trinajstić information content (AvgIpc) is 2.15. The van der Waals surface area contributed by atoms with Crippen molar-refractivity contribution < 1.29 is 9.90 Å². The van der Waals surface area contributed by atoms with Crippen LogP contribution in [0.3, 0.4) is 0 Å². The van der Waals surface area contributed by atoms with Crippen LogP contribution in [-0.4, -0.2) is 16.1 Å². The molecule has 0 saturated carbocycles. The van der Waals surface area contributed by atoms with Gasteiger partial charge in [-0.3, -0.25) is 4.98 Å². The van der Waals surface area contributed by atoms with Crippen molar-refractivity contribution in [1.29, 1.82) is 0 Å². The fourth-order valence-electron chi connectivity index (χ4n) is 0.877. The zero-order chi connectivity index (χ0) is 9.68. The summed E-state index contributed by atoms with van der Waals surface area (Å²) in [4.78, 5) is 14.3. The SMILES string of the molecule is C/C(=C\Cc1ccncc1)C(=O)O. The van der Waals surface area contributed by atoms with Crippen LogP contribution in [0.4, 0.5) is 0 Å². The lowest BCUT2D eigenvalue weighted by molar-refractivity contribution is -0.132. The molecule has 0 amide bonds. The molecule has 0 saturated heterocycles. The number of hydrogen-bond acceptors (Lipinski definition) is 2. The van der Waals surface area contributed by atoms with Gasteiger partial charge in [0, 0.05) is 18.0 Å². The first kappa shape index (κ1) is 9.45. The number of aliphatic carboxylic acids is 1. The molecule has 0 aliphatic carbocycles. The van der Waals surface area contributed by atoms with Crippen LogP contribution in [0.1, 0.15) is 12.5 Å². The number of nitrogens with zero attached hydrogens (tertiary/aromatic N) is 1. The minimum atomic E-state index is -0.867. The summed E-state index contributed by atoms with van der Waals surface area (Å²) >= 11 is 0. The van der Waals surface area contributed by atoms with Crippen molar-refractivity contribution in [3.8, 4) is 0 Å². The molecule has 3 nitrogen and oxygen atoms in total. The first-order chi connectivity index (χ1) is 6.20. The van der Waals surface area contributed by atoms with E-state index in [1.165, 1.54) is 0 Å². The topological polar surface area (TPSA) is 50.2 Å². The lowest BCUT2D eigenvalue weighted by Gasteiger charge is -1.95. The predicted molar refractivity (Wildman–Crippen MR) is 49.3 cm³/mol. The first-order valence-corrected chi connectivity index (χ1v) is 3.99. The Kier molecular flexibility index (Phi) is 3.20. The van der Waals surface area contributed by atoms with Gasteiger partial charge in [0.25, 0.3) is 0 Å². The Morgan fingerprint density at radius 3 is 2.69 bits per heavy atom. The van der Waals surface area contributed by atoms with E-state index in [-0.39, 0.29) is 0 Å². The Hall–Kier alpha value is -1.64. The first-order valence-electron chi connectivity index (χ1n) is 3.99. The number of aromatic nitrogens is 1. The minimum Gasteiger partial charge on any atom is -0.478 e. The highest BCUT2D eigenvalue weighted by molar-refractivity contribution is 5.85. The van der Waals surface area contributed by atoms with Crippen molar-refractivity contribution >= 4 is 5.97 Å². The summed E-state index contributed by atoms with van der Waals surface area (Å²) in [5.74, 6) is -0.867. The van der Waals surface area contributed by atoms with Crippen LogP contribution >= 0.6 is 0 Å². The van der Waals surface area contributed by atoms with E-state index in [9.17, 15) is 4.79 Å². The van der Waals surface area contributed by atoms with Crippen molar-refractivity contribution in [2.75, 3.05) is 0 Å². The number of carboxylic acids is 1. The molecule has 0 bridgehead atoms. The van der Waals surface area contributed by atoms with Gasteiger partial charge >= 0.3 is 5.97 Å². The Balaban J connectivity index is 2.62. The summed E-state index contributed by atoms with van der Waals surface area (Å²) < 4.78 is 0. The minimum absolute atomic E-state index is 0.372. The Morgan fingerprint density at radius 1 is 1.54 bits per heavy atom. The molecular weight excluding hydrogens is 166 g/mol. The van der Waals surface area contributed by atoms with E-state index in [1.807, 2.05) is 12.1 Å². The number of pyridine rings is 1. The van der Waals surface area contributed by atoms with Gasteiger partial charge in [-0.15, -0.1) is 0 Å². The van der Waals surface area contributed by atoms with Crippen molar-refractivity contribution in [1.82, 2.24) is 4.98 Å². The third-order valence-corrected chi connectivity index (χ3v) is 1.73. The lowest BCUT2D eigenvalue weighted by Crippen LogP contribution is -1.96. The molecule has 1 aromatic heterocycles. The van der Waals surface area contributed by atoms with Crippen molar-refractivity contribution in [3.63, 3.8) is 0 Å². The summed E-state index contributed by atoms with van der Waals surface area (Å²) in [6.45, 7) is 1.59. The molecule has 0 spiro atoms. The van der Waals surface area contributed by atoms with Crippen molar-refractivity contribution in [3.05, 3.63) is 41.7 Å². The maximum Gasteiger partial charge on any atom is 0.330 e. The van der Waals surface area contributed by atoms with E-state index in [1.54, 1.807) is 25.4 Å². The van der Waals surface area contributed by atoms with E-state index >= 15 is 0 Å². The molecule has 1 aromatic rings. The van der Waals surface area contributed by atoms with Crippen LogP contribution in [0.15, 0.2) is 36.2 Å². The number of carboxylic acid groups (broad SMARTS) is 1. The third-order valence-electron chi connectivity index (χ3n) is 1.73. The molecule has 1 rings (SSSR count). The number of hydrogen-bond donors (Lipinski definition) is 1. The molecule has 3 heteroatoms. The second-order valence-electron chi connectivity index (χ2n) is 2.75. The predicted octanol–water partition coefficient (Wildman–Crippen LogP) is 1.66.